The molecule has 1 fully saturated rings. The fourth-order valence-corrected chi connectivity index (χ4v) is 4.31. The molecule has 0 amide bonds. The lowest BCUT2D eigenvalue weighted by Gasteiger charge is -2.26. The van der Waals surface area contributed by atoms with E-state index in [0.29, 0.717) is 11.4 Å². The Bertz CT molecular complexity index is 530. The van der Waals surface area contributed by atoms with Crippen LogP contribution in [0.5, 0.6) is 0 Å². The van der Waals surface area contributed by atoms with Crippen LogP contribution < -0.4 is 5.32 Å². The molecule has 0 atom stereocenters. The number of hydrogen-bond donors (Lipinski definition) is 1. The Labute approximate surface area is 89.4 Å². The molecule has 80 valence electrons. The summed E-state index contributed by atoms with van der Waals surface area (Å²) in [6, 6.07) is 5.57. The van der Waals surface area contributed by atoms with Gasteiger partial charge < -0.3 is 5.32 Å². The van der Waals surface area contributed by atoms with Crippen LogP contribution in [0.3, 0.4) is 0 Å². The molecule has 0 saturated heterocycles. The first kappa shape index (κ1) is 9.21. The lowest BCUT2D eigenvalue weighted by molar-refractivity contribution is 0.575. The van der Waals surface area contributed by atoms with Gasteiger partial charge in [0.2, 0.25) is 0 Å². The monoisotopic (exact) mass is 223 g/mol. The Morgan fingerprint density at radius 2 is 2.07 bits per heavy atom. The van der Waals surface area contributed by atoms with Crippen LogP contribution in [0.2, 0.25) is 0 Å². The van der Waals surface area contributed by atoms with Crippen LogP contribution in [-0.2, 0) is 9.84 Å². The van der Waals surface area contributed by atoms with Gasteiger partial charge in [-0.3, -0.25) is 0 Å². The van der Waals surface area contributed by atoms with Gasteiger partial charge >= 0.3 is 0 Å². The molecule has 1 spiro atoms. The molecular weight excluding hydrogens is 210 g/mol. The van der Waals surface area contributed by atoms with E-state index in [1.54, 1.807) is 6.07 Å². The molecule has 1 aliphatic carbocycles. The predicted molar refractivity (Wildman–Crippen MR) is 58.8 cm³/mol. The highest BCUT2D eigenvalue weighted by Gasteiger charge is 2.57. The maximum absolute atomic E-state index is 12.3. The normalized spacial score (nSPS) is 24.3. The number of sulfone groups is 1. The first-order chi connectivity index (χ1) is 7.05. The van der Waals surface area contributed by atoms with Crippen molar-refractivity contribution in [1.29, 1.82) is 0 Å². The third-order valence-corrected chi connectivity index (χ3v) is 6.01. The van der Waals surface area contributed by atoms with Crippen molar-refractivity contribution in [2.75, 3.05) is 11.9 Å². The van der Waals surface area contributed by atoms with E-state index in [1.807, 2.05) is 19.1 Å². The number of aryl methyl sites for hydroxylation is 1. The molecule has 0 unspecified atom stereocenters. The van der Waals surface area contributed by atoms with Gasteiger partial charge in [0.15, 0.2) is 9.84 Å². The lowest BCUT2D eigenvalue weighted by Crippen LogP contribution is -2.36. The molecular formula is C11H13NO2S. The Kier molecular flexibility index (Phi) is 1.57. The van der Waals surface area contributed by atoms with E-state index in [1.165, 1.54) is 0 Å². The van der Waals surface area contributed by atoms with Gasteiger partial charge in [-0.2, -0.15) is 0 Å². The van der Waals surface area contributed by atoms with Crippen molar-refractivity contribution in [1.82, 2.24) is 0 Å². The van der Waals surface area contributed by atoms with E-state index < -0.39 is 14.6 Å². The first-order valence-electron chi connectivity index (χ1n) is 5.14. The molecule has 15 heavy (non-hydrogen) atoms. The van der Waals surface area contributed by atoms with Gasteiger partial charge in [0, 0.05) is 6.54 Å². The standard InChI is InChI=1S/C11H13NO2S/c1-8-2-3-9-10(6-8)15(13,14)11(4-5-11)7-12-9/h2-3,6,12H,4-5,7H2,1H3. The second-order valence-corrected chi connectivity index (χ2v) is 6.85. The average Bonchev–Trinajstić information content (AvgIpc) is 2.95. The molecule has 1 aliphatic heterocycles. The van der Waals surface area contributed by atoms with Crippen molar-refractivity contribution in [3.05, 3.63) is 23.8 Å². The topological polar surface area (TPSA) is 46.2 Å². The lowest BCUT2D eigenvalue weighted by atomic mass is 10.2. The fourth-order valence-electron chi connectivity index (χ4n) is 2.17. The van der Waals surface area contributed by atoms with Crippen LogP contribution in [0, 0.1) is 6.92 Å². The minimum atomic E-state index is -3.09. The third kappa shape index (κ3) is 1.08. The Morgan fingerprint density at radius 3 is 2.73 bits per heavy atom. The van der Waals surface area contributed by atoms with Gasteiger partial charge in [-0.25, -0.2) is 8.42 Å². The SMILES string of the molecule is Cc1ccc2c(c1)S(=O)(=O)C1(CC1)CN2. The Balaban J connectivity index is 2.27. The Morgan fingerprint density at radius 1 is 1.33 bits per heavy atom. The molecule has 1 saturated carbocycles. The molecule has 0 radical (unpaired) electrons. The summed E-state index contributed by atoms with van der Waals surface area (Å²) < 4.78 is 24.1. The molecule has 1 aromatic rings. The minimum absolute atomic E-state index is 0.478. The number of benzene rings is 1. The second-order valence-electron chi connectivity index (χ2n) is 4.54. The molecule has 3 rings (SSSR count). The summed E-state index contributed by atoms with van der Waals surface area (Å²) in [6.45, 7) is 2.50. The number of fused-ring (bicyclic) bond motifs is 1. The summed E-state index contributed by atoms with van der Waals surface area (Å²) in [7, 11) is -3.09. The van der Waals surface area contributed by atoms with Crippen molar-refractivity contribution in [3.63, 3.8) is 0 Å². The van der Waals surface area contributed by atoms with E-state index in [2.05, 4.69) is 5.32 Å². The van der Waals surface area contributed by atoms with Gasteiger partial charge in [0.1, 0.15) is 0 Å². The summed E-state index contributed by atoms with van der Waals surface area (Å²) in [5, 5.41) is 3.22. The van der Waals surface area contributed by atoms with Gasteiger partial charge in [-0.1, -0.05) is 6.07 Å². The average molecular weight is 223 g/mol. The number of nitrogens with one attached hydrogen (secondary N) is 1. The van der Waals surface area contributed by atoms with Gasteiger partial charge in [-0.15, -0.1) is 0 Å². The van der Waals surface area contributed by atoms with Crippen molar-refractivity contribution in [2.24, 2.45) is 0 Å². The molecule has 1 N–H and O–H groups in total. The zero-order valence-electron chi connectivity index (χ0n) is 8.58. The molecule has 3 nitrogen and oxygen atoms in total. The van der Waals surface area contributed by atoms with Crippen molar-refractivity contribution < 1.29 is 8.42 Å². The van der Waals surface area contributed by atoms with E-state index in [0.717, 1.165) is 24.1 Å². The smallest absolute Gasteiger partial charge is 0.187 e. The molecule has 4 heteroatoms. The van der Waals surface area contributed by atoms with Crippen LogP contribution in [-0.4, -0.2) is 19.7 Å². The highest BCUT2D eigenvalue weighted by Crippen LogP contribution is 2.50. The van der Waals surface area contributed by atoms with E-state index in [9.17, 15) is 8.42 Å². The molecule has 1 heterocycles. The summed E-state index contributed by atoms with van der Waals surface area (Å²) in [5.74, 6) is 0. The summed E-state index contributed by atoms with van der Waals surface area (Å²) in [4.78, 5) is 0.492. The van der Waals surface area contributed by atoms with Crippen LogP contribution in [0.25, 0.3) is 0 Å². The molecule has 2 aliphatic rings. The van der Waals surface area contributed by atoms with Crippen LogP contribution in [0.15, 0.2) is 23.1 Å². The molecule has 0 aromatic heterocycles. The number of hydrogen-bond acceptors (Lipinski definition) is 3. The summed E-state index contributed by atoms with van der Waals surface area (Å²) >= 11 is 0. The van der Waals surface area contributed by atoms with Gasteiger partial charge in [0.05, 0.1) is 15.3 Å². The van der Waals surface area contributed by atoms with Crippen LogP contribution in [0.4, 0.5) is 5.69 Å². The van der Waals surface area contributed by atoms with E-state index in [4.69, 9.17) is 0 Å². The maximum Gasteiger partial charge on any atom is 0.187 e. The van der Waals surface area contributed by atoms with Crippen molar-refractivity contribution in [3.8, 4) is 0 Å². The highest BCUT2D eigenvalue weighted by atomic mass is 32.2. The van der Waals surface area contributed by atoms with Crippen LogP contribution in [0.1, 0.15) is 18.4 Å². The Hall–Kier alpha value is -1.03. The third-order valence-electron chi connectivity index (χ3n) is 3.41. The highest BCUT2D eigenvalue weighted by molar-refractivity contribution is 7.93. The molecule has 1 aromatic carbocycles. The minimum Gasteiger partial charge on any atom is -0.382 e. The summed E-state index contributed by atoms with van der Waals surface area (Å²) in [6.07, 6.45) is 1.60. The number of rotatable bonds is 0. The quantitative estimate of drug-likeness (QED) is 0.728. The largest absolute Gasteiger partial charge is 0.382 e. The first-order valence-corrected chi connectivity index (χ1v) is 6.63. The van der Waals surface area contributed by atoms with Crippen molar-refractivity contribution >= 4 is 15.5 Å². The zero-order chi connectivity index (χ0) is 10.7. The summed E-state index contributed by atoms with van der Waals surface area (Å²) in [5.41, 5.74) is 1.76. The van der Waals surface area contributed by atoms with Gasteiger partial charge in [0.25, 0.3) is 0 Å². The second kappa shape index (κ2) is 2.55. The van der Waals surface area contributed by atoms with Crippen molar-refractivity contribution in [2.45, 2.75) is 29.4 Å². The molecule has 0 bridgehead atoms. The number of anilines is 1. The van der Waals surface area contributed by atoms with E-state index in [-0.39, 0.29) is 0 Å². The van der Waals surface area contributed by atoms with Crippen LogP contribution >= 0.6 is 0 Å². The predicted octanol–water partition coefficient (Wildman–Crippen LogP) is 1.73. The van der Waals surface area contributed by atoms with E-state index >= 15 is 0 Å². The zero-order valence-corrected chi connectivity index (χ0v) is 9.39. The van der Waals surface area contributed by atoms with Gasteiger partial charge in [-0.05, 0) is 37.5 Å². The maximum atomic E-state index is 12.3. The fraction of sp³-hybridized carbons (Fsp3) is 0.455.